The molecular weight excluding hydrogens is 308 g/mol. The highest BCUT2D eigenvalue weighted by atomic mass is 15.2. The predicted molar refractivity (Wildman–Crippen MR) is 109 cm³/mol. The summed E-state index contributed by atoms with van der Waals surface area (Å²) in [5.41, 5.74) is 2.31. The summed E-state index contributed by atoms with van der Waals surface area (Å²) in [6.45, 7) is 14.5. The smallest absolute Gasteiger partial charge is 0.203 e. The fraction of sp³-hybridized carbons (Fsp3) is 0.667. The molecule has 0 unspecified atom stereocenters. The van der Waals surface area contributed by atoms with Gasteiger partial charge in [-0.05, 0) is 44.0 Å². The van der Waals surface area contributed by atoms with Crippen LogP contribution >= 0.6 is 0 Å². The number of hydrogen-bond acceptors (Lipinski definition) is 3. The van der Waals surface area contributed by atoms with E-state index in [9.17, 15) is 0 Å². The largest absolute Gasteiger partial charge is 0.354 e. The SMILES string of the molecule is CCCCN(CCCC)CCNc1nc2ccccc2n1CC(C)C. The van der Waals surface area contributed by atoms with E-state index in [0.29, 0.717) is 5.92 Å². The van der Waals surface area contributed by atoms with Gasteiger partial charge in [0.05, 0.1) is 11.0 Å². The lowest BCUT2D eigenvalue weighted by Gasteiger charge is -2.22. The van der Waals surface area contributed by atoms with Crippen LogP contribution in [0.1, 0.15) is 53.4 Å². The molecule has 0 atom stereocenters. The number of para-hydroxylation sites is 2. The van der Waals surface area contributed by atoms with Gasteiger partial charge in [0, 0.05) is 19.6 Å². The van der Waals surface area contributed by atoms with Crippen molar-refractivity contribution in [3.63, 3.8) is 0 Å². The number of imidazole rings is 1. The Labute approximate surface area is 153 Å². The van der Waals surface area contributed by atoms with Gasteiger partial charge in [0.15, 0.2) is 0 Å². The Morgan fingerprint density at radius 2 is 1.72 bits per heavy atom. The molecule has 2 rings (SSSR count). The average molecular weight is 345 g/mol. The zero-order valence-electron chi connectivity index (χ0n) is 16.6. The van der Waals surface area contributed by atoms with Crippen molar-refractivity contribution in [2.75, 3.05) is 31.5 Å². The lowest BCUT2D eigenvalue weighted by molar-refractivity contribution is 0.275. The van der Waals surface area contributed by atoms with Gasteiger partial charge in [-0.1, -0.05) is 52.7 Å². The highest BCUT2D eigenvalue weighted by molar-refractivity contribution is 5.78. The van der Waals surface area contributed by atoms with Crippen molar-refractivity contribution < 1.29 is 0 Å². The van der Waals surface area contributed by atoms with Crippen LogP contribution in [0.15, 0.2) is 24.3 Å². The lowest BCUT2D eigenvalue weighted by Crippen LogP contribution is -2.31. The summed E-state index contributed by atoms with van der Waals surface area (Å²) in [5, 5.41) is 3.60. The maximum Gasteiger partial charge on any atom is 0.203 e. The lowest BCUT2D eigenvalue weighted by atomic mass is 10.2. The van der Waals surface area contributed by atoms with Gasteiger partial charge in [0.1, 0.15) is 0 Å². The van der Waals surface area contributed by atoms with Crippen LogP contribution in [0.2, 0.25) is 0 Å². The number of unbranched alkanes of at least 4 members (excludes halogenated alkanes) is 2. The molecule has 0 radical (unpaired) electrons. The van der Waals surface area contributed by atoms with E-state index in [4.69, 9.17) is 4.98 Å². The Kier molecular flexibility index (Phi) is 8.26. The van der Waals surface area contributed by atoms with E-state index < -0.39 is 0 Å². The molecule has 140 valence electrons. The molecule has 0 aliphatic rings. The topological polar surface area (TPSA) is 33.1 Å². The summed E-state index contributed by atoms with van der Waals surface area (Å²) in [5.74, 6) is 1.62. The molecular formula is C21H36N4. The number of anilines is 1. The monoisotopic (exact) mass is 344 g/mol. The van der Waals surface area contributed by atoms with Crippen LogP contribution in [0.4, 0.5) is 5.95 Å². The van der Waals surface area contributed by atoms with Gasteiger partial charge in [-0.25, -0.2) is 4.98 Å². The van der Waals surface area contributed by atoms with Crippen LogP contribution < -0.4 is 5.32 Å². The number of benzene rings is 1. The molecule has 0 saturated heterocycles. The Morgan fingerprint density at radius 1 is 1.04 bits per heavy atom. The fourth-order valence-electron chi connectivity index (χ4n) is 3.19. The molecule has 1 N–H and O–H groups in total. The maximum absolute atomic E-state index is 4.82. The second-order valence-corrected chi connectivity index (χ2v) is 7.40. The third-order valence-corrected chi connectivity index (χ3v) is 4.57. The van der Waals surface area contributed by atoms with Crippen LogP contribution in [-0.2, 0) is 6.54 Å². The first kappa shape index (κ1) is 19.8. The number of aromatic nitrogens is 2. The molecule has 1 aromatic carbocycles. The molecule has 1 heterocycles. The van der Waals surface area contributed by atoms with Gasteiger partial charge in [0.2, 0.25) is 5.95 Å². The number of nitrogens with one attached hydrogen (secondary N) is 1. The van der Waals surface area contributed by atoms with E-state index >= 15 is 0 Å². The van der Waals surface area contributed by atoms with Crippen molar-refractivity contribution in [2.45, 2.75) is 59.9 Å². The van der Waals surface area contributed by atoms with Gasteiger partial charge in [-0.2, -0.15) is 0 Å². The Bertz CT molecular complexity index is 609. The molecule has 25 heavy (non-hydrogen) atoms. The minimum absolute atomic E-state index is 0.601. The molecule has 0 saturated carbocycles. The van der Waals surface area contributed by atoms with Crippen LogP contribution in [0.5, 0.6) is 0 Å². The van der Waals surface area contributed by atoms with Crippen molar-refractivity contribution >= 4 is 17.0 Å². The molecule has 0 spiro atoms. The van der Waals surface area contributed by atoms with Crippen LogP contribution in [0.25, 0.3) is 11.0 Å². The van der Waals surface area contributed by atoms with Crippen LogP contribution in [0.3, 0.4) is 0 Å². The van der Waals surface area contributed by atoms with E-state index in [2.05, 4.69) is 66.7 Å². The first-order valence-electron chi connectivity index (χ1n) is 10.1. The third-order valence-electron chi connectivity index (χ3n) is 4.57. The second kappa shape index (κ2) is 10.4. The summed E-state index contributed by atoms with van der Waals surface area (Å²) in [6, 6.07) is 8.44. The van der Waals surface area contributed by atoms with Crippen molar-refractivity contribution in [2.24, 2.45) is 5.92 Å². The van der Waals surface area contributed by atoms with E-state index in [0.717, 1.165) is 31.1 Å². The molecule has 0 aliphatic heterocycles. The van der Waals surface area contributed by atoms with E-state index in [1.54, 1.807) is 0 Å². The highest BCUT2D eigenvalue weighted by Gasteiger charge is 2.12. The molecule has 4 nitrogen and oxygen atoms in total. The summed E-state index contributed by atoms with van der Waals surface area (Å²) < 4.78 is 2.34. The summed E-state index contributed by atoms with van der Waals surface area (Å²) in [4.78, 5) is 7.41. The van der Waals surface area contributed by atoms with Crippen molar-refractivity contribution in [1.29, 1.82) is 0 Å². The van der Waals surface area contributed by atoms with Crippen molar-refractivity contribution in [3.05, 3.63) is 24.3 Å². The number of hydrogen-bond donors (Lipinski definition) is 1. The van der Waals surface area contributed by atoms with Crippen LogP contribution in [0, 0.1) is 5.92 Å². The molecule has 0 bridgehead atoms. The quantitative estimate of drug-likeness (QED) is 0.588. The molecule has 2 aromatic rings. The van der Waals surface area contributed by atoms with Crippen molar-refractivity contribution in [3.8, 4) is 0 Å². The maximum atomic E-state index is 4.82. The average Bonchev–Trinajstić information content (AvgIpc) is 2.94. The molecule has 0 amide bonds. The van der Waals surface area contributed by atoms with Gasteiger partial charge >= 0.3 is 0 Å². The Hall–Kier alpha value is -1.55. The molecule has 0 fully saturated rings. The zero-order chi connectivity index (χ0) is 18.1. The minimum Gasteiger partial charge on any atom is -0.354 e. The molecule has 1 aromatic heterocycles. The summed E-state index contributed by atoms with van der Waals surface area (Å²) >= 11 is 0. The fourth-order valence-corrected chi connectivity index (χ4v) is 3.19. The minimum atomic E-state index is 0.601. The predicted octanol–water partition coefficient (Wildman–Crippen LogP) is 5.01. The summed E-state index contributed by atoms with van der Waals surface area (Å²) in [7, 11) is 0. The standard InChI is InChI=1S/C21H36N4/c1-5-7-14-24(15-8-6-2)16-13-22-21-23-19-11-9-10-12-20(19)25(21)17-18(3)4/h9-12,18H,5-8,13-17H2,1-4H3,(H,22,23). The Morgan fingerprint density at radius 3 is 2.36 bits per heavy atom. The Balaban J connectivity index is 2.01. The highest BCUT2D eigenvalue weighted by Crippen LogP contribution is 2.21. The normalized spacial score (nSPS) is 11.8. The van der Waals surface area contributed by atoms with E-state index in [1.165, 1.54) is 44.3 Å². The molecule has 0 aliphatic carbocycles. The molecule has 4 heteroatoms. The van der Waals surface area contributed by atoms with Crippen molar-refractivity contribution in [1.82, 2.24) is 14.5 Å². The van der Waals surface area contributed by atoms with E-state index in [-0.39, 0.29) is 0 Å². The van der Waals surface area contributed by atoms with Gasteiger partial charge in [-0.3, -0.25) is 0 Å². The third kappa shape index (κ3) is 6.03. The number of fused-ring (bicyclic) bond motifs is 1. The summed E-state index contributed by atoms with van der Waals surface area (Å²) in [6.07, 6.45) is 5.10. The van der Waals surface area contributed by atoms with E-state index in [1.807, 2.05) is 0 Å². The van der Waals surface area contributed by atoms with Gasteiger partial charge in [-0.15, -0.1) is 0 Å². The number of rotatable bonds is 12. The zero-order valence-corrected chi connectivity index (χ0v) is 16.6. The van der Waals surface area contributed by atoms with Gasteiger partial charge < -0.3 is 14.8 Å². The first-order chi connectivity index (χ1) is 12.2. The first-order valence-corrected chi connectivity index (χ1v) is 10.1. The second-order valence-electron chi connectivity index (χ2n) is 7.40. The van der Waals surface area contributed by atoms with Crippen LogP contribution in [-0.4, -0.2) is 40.6 Å². The van der Waals surface area contributed by atoms with Gasteiger partial charge in [0.25, 0.3) is 0 Å². The number of nitrogens with zero attached hydrogens (tertiary/aromatic N) is 3.